The Morgan fingerprint density at radius 2 is 1.92 bits per heavy atom. The number of aromatic nitrogens is 5. The van der Waals surface area contributed by atoms with Gasteiger partial charge in [-0.25, -0.2) is 14.6 Å². The summed E-state index contributed by atoms with van der Waals surface area (Å²) in [4.78, 5) is 8.78. The third kappa shape index (κ3) is 3.14. The third-order valence-electron chi connectivity index (χ3n) is 4.00. The Hall–Kier alpha value is -3.41. The minimum atomic E-state index is 0.696. The smallest absolute Gasteiger partial charge is 0.161 e. The number of pyridine rings is 1. The largest absolute Gasteiger partial charge is 0.378 e. The number of aryl methyl sites for hydroxylation is 1. The minimum Gasteiger partial charge on any atom is -0.378 e. The first-order chi connectivity index (χ1) is 12.3. The highest BCUT2D eigenvalue weighted by atomic mass is 15.3. The van der Waals surface area contributed by atoms with Crippen molar-refractivity contribution in [3.05, 3.63) is 84.8 Å². The second-order valence-corrected chi connectivity index (χ2v) is 5.69. The van der Waals surface area contributed by atoms with Gasteiger partial charge in [0.2, 0.25) is 0 Å². The zero-order chi connectivity index (χ0) is 17.1. The molecule has 0 radical (unpaired) electrons. The standard InChI is InChI=1S/C19H18N6/c1-15-20-10-12-24(15)19-18(7-3-8-21-19)22-14-16-5-2-6-17(13-16)25-11-4-9-23-25/h2-13,22H,14H2,1H3. The van der Waals surface area contributed by atoms with Crippen LogP contribution >= 0.6 is 0 Å². The summed E-state index contributed by atoms with van der Waals surface area (Å²) in [7, 11) is 0. The average Bonchev–Trinajstić information content (AvgIpc) is 3.32. The lowest BCUT2D eigenvalue weighted by Gasteiger charge is -2.13. The van der Waals surface area contributed by atoms with E-state index in [2.05, 4.69) is 32.5 Å². The lowest BCUT2D eigenvalue weighted by Crippen LogP contribution is -2.07. The molecule has 0 saturated carbocycles. The molecular weight excluding hydrogens is 312 g/mol. The van der Waals surface area contributed by atoms with E-state index in [1.165, 1.54) is 5.56 Å². The van der Waals surface area contributed by atoms with Crippen molar-refractivity contribution in [2.75, 3.05) is 5.32 Å². The van der Waals surface area contributed by atoms with Crippen LogP contribution in [0.5, 0.6) is 0 Å². The van der Waals surface area contributed by atoms with Crippen molar-refractivity contribution in [2.45, 2.75) is 13.5 Å². The van der Waals surface area contributed by atoms with Gasteiger partial charge in [0.25, 0.3) is 0 Å². The van der Waals surface area contributed by atoms with Gasteiger partial charge < -0.3 is 5.32 Å². The Kier molecular flexibility index (Phi) is 4.00. The summed E-state index contributed by atoms with van der Waals surface area (Å²) >= 11 is 0. The second kappa shape index (κ2) is 6.60. The summed E-state index contributed by atoms with van der Waals surface area (Å²) in [6.07, 6.45) is 9.20. The molecule has 0 aliphatic rings. The van der Waals surface area contributed by atoms with Crippen LogP contribution in [0.4, 0.5) is 5.69 Å². The number of anilines is 1. The van der Waals surface area contributed by atoms with Crippen molar-refractivity contribution in [2.24, 2.45) is 0 Å². The molecule has 0 amide bonds. The van der Waals surface area contributed by atoms with Crippen LogP contribution in [-0.4, -0.2) is 24.3 Å². The highest BCUT2D eigenvalue weighted by Crippen LogP contribution is 2.20. The van der Waals surface area contributed by atoms with Gasteiger partial charge in [-0.3, -0.25) is 4.57 Å². The number of hydrogen-bond donors (Lipinski definition) is 1. The lowest BCUT2D eigenvalue weighted by molar-refractivity contribution is 0.877. The fourth-order valence-corrected chi connectivity index (χ4v) is 2.76. The van der Waals surface area contributed by atoms with Gasteiger partial charge in [0.05, 0.1) is 11.4 Å². The zero-order valence-corrected chi connectivity index (χ0v) is 13.9. The van der Waals surface area contributed by atoms with E-state index in [-0.39, 0.29) is 0 Å². The third-order valence-corrected chi connectivity index (χ3v) is 4.00. The van der Waals surface area contributed by atoms with Gasteiger partial charge in [0, 0.05) is 37.5 Å². The Balaban J connectivity index is 1.57. The van der Waals surface area contributed by atoms with Crippen molar-refractivity contribution < 1.29 is 0 Å². The van der Waals surface area contributed by atoms with Crippen LogP contribution in [0, 0.1) is 6.92 Å². The van der Waals surface area contributed by atoms with Crippen LogP contribution in [0.1, 0.15) is 11.4 Å². The van der Waals surface area contributed by atoms with Gasteiger partial charge in [-0.15, -0.1) is 0 Å². The van der Waals surface area contributed by atoms with Gasteiger partial charge in [0.1, 0.15) is 5.82 Å². The Morgan fingerprint density at radius 3 is 2.72 bits per heavy atom. The lowest BCUT2D eigenvalue weighted by atomic mass is 10.2. The molecule has 0 atom stereocenters. The van der Waals surface area contributed by atoms with Crippen LogP contribution in [0.3, 0.4) is 0 Å². The molecule has 0 fully saturated rings. The molecule has 1 aromatic carbocycles. The molecule has 3 heterocycles. The molecule has 0 spiro atoms. The first kappa shape index (κ1) is 15.1. The molecule has 6 heteroatoms. The van der Waals surface area contributed by atoms with E-state index in [9.17, 15) is 0 Å². The summed E-state index contributed by atoms with van der Waals surface area (Å²) in [5.74, 6) is 1.75. The van der Waals surface area contributed by atoms with Crippen LogP contribution < -0.4 is 5.32 Å². The average molecular weight is 330 g/mol. The summed E-state index contributed by atoms with van der Waals surface area (Å²) in [6.45, 7) is 2.66. The topological polar surface area (TPSA) is 60.6 Å². The Bertz CT molecular complexity index is 971. The quantitative estimate of drug-likeness (QED) is 0.609. The van der Waals surface area contributed by atoms with E-state index < -0.39 is 0 Å². The van der Waals surface area contributed by atoms with E-state index in [0.29, 0.717) is 6.54 Å². The SMILES string of the molecule is Cc1nccn1-c1ncccc1NCc1cccc(-n2cccn2)c1. The van der Waals surface area contributed by atoms with Gasteiger partial charge in [-0.05, 0) is 42.8 Å². The number of nitrogens with one attached hydrogen (secondary N) is 1. The fraction of sp³-hybridized carbons (Fsp3) is 0.105. The van der Waals surface area contributed by atoms with Crippen molar-refractivity contribution >= 4 is 5.69 Å². The van der Waals surface area contributed by atoms with E-state index in [1.807, 2.05) is 58.9 Å². The zero-order valence-electron chi connectivity index (χ0n) is 13.9. The van der Waals surface area contributed by atoms with Gasteiger partial charge in [-0.2, -0.15) is 5.10 Å². The Labute approximate surface area is 145 Å². The Morgan fingerprint density at radius 1 is 0.960 bits per heavy atom. The predicted octanol–water partition coefficient (Wildman–Crippen LogP) is 3.37. The molecule has 0 saturated heterocycles. The maximum Gasteiger partial charge on any atom is 0.161 e. The number of nitrogens with zero attached hydrogens (tertiary/aromatic N) is 5. The van der Waals surface area contributed by atoms with Gasteiger partial charge in [-0.1, -0.05) is 12.1 Å². The molecule has 6 nitrogen and oxygen atoms in total. The van der Waals surface area contributed by atoms with Crippen molar-refractivity contribution in [1.82, 2.24) is 24.3 Å². The molecule has 0 aliphatic heterocycles. The van der Waals surface area contributed by atoms with Crippen LogP contribution in [0.15, 0.2) is 73.4 Å². The number of hydrogen-bond acceptors (Lipinski definition) is 4. The summed E-state index contributed by atoms with van der Waals surface area (Å²) in [5, 5.41) is 7.76. The van der Waals surface area contributed by atoms with E-state index in [0.717, 1.165) is 23.0 Å². The molecule has 4 aromatic rings. The number of rotatable bonds is 5. The highest BCUT2D eigenvalue weighted by molar-refractivity contribution is 5.57. The molecule has 25 heavy (non-hydrogen) atoms. The van der Waals surface area contributed by atoms with Crippen LogP contribution in [0.2, 0.25) is 0 Å². The summed E-state index contributed by atoms with van der Waals surface area (Å²) < 4.78 is 3.83. The monoisotopic (exact) mass is 330 g/mol. The van der Waals surface area contributed by atoms with Crippen molar-refractivity contribution in [3.8, 4) is 11.5 Å². The molecule has 0 bridgehead atoms. The van der Waals surface area contributed by atoms with Gasteiger partial charge in [0.15, 0.2) is 5.82 Å². The van der Waals surface area contributed by atoms with Gasteiger partial charge >= 0.3 is 0 Å². The van der Waals surface area contributed by atoms with Crippen molar-refractivity contribution in [1.29, 1.82) is 0 Å². The molecular formula is C19H18N6. The summed E-state index contributed by atoms with van der Waals surface area (Å²) in [6, 6.07) is 14.2. The van der Waals surface area contributed by atoms with E-state index in [4.69, 9.17) is 0 Å². The number of benzene rings is 1. The van der Waals surface area contributed by atoms with Crippen molar-refractivity contribution in [3.63, 3.8) is 0 Å². The maximum atomic E-state index is 4.50. The molecule has 4 rings (SSSR count). The molecule has 1 N–H and O–H groups in total. The molecule has 3 aromatic heterocycles. The first-order valence-corrected chi connectivity index (χ1v) is 8.09. The van der Waals surface area contributed by atoms with E-state index in [1.54, 1.807) is 18.6 Å². The molecule has 124 valence electrons. The molecule has 0 unspecified atom stereocenters. The minimum absolute atomic E-state index is 0.696. The maximum absolute atomic E-state index is 4.50. The van der Waals surface area contributed by atoms with Crippen LogP contribution in [-0.2, 0) is 6.54 Å². The predicted molar refractivity (Wildman–Crippen MR) is 97.0 cm³/mol. The number of imidazole rings is 1. The normalized spacial score (nSPS) is 10.8. The first-order valence-electron chi connectivity index (χ1n) is 8.09. The molecule has 0 aliphatic carbocycles. The second-order valence-electron chi connectivity index (χ2n) is 5.69. The summed E-state index contributed by atoms with van der Waals surface area (Å²) in [5.41, 5.74) is 3.18. The van der Waals surface area contributed by atoms with Crippen LogP contribution in [0.25, 0.3) is 11.5 Å². The van der Waals surface area contributed by atoms with E-state index >= 15 is 0 Å². The highest BCUT2D eigenvalue weighted by Gasteiger charge is 2.08. The fourth-order valence-electron chi connectivity index (χ4n) is 2.76.